The first kappa shape index (κ1) is 13.1. The fraction of sp³-hybridized carbons (Fsp3) is 0.0714. The number of nitrogens with zero attached hydrogens (tertiary/aromatic N) is 1. The van der Waals surface area contributed by atoms with Crippen molar-refractivity contribution >= 4 is 34.3 Å². The third-order valence-electron chi connectivity index (χ3n) is 3.31. The second-order valence-corrected chi connectivity index (χ2v) is 4.55. The van der Waals surface area contributed by atoms with Gasteiger partial charge >= 0.3 is 6.03 Å². The third kappa shape index (κ3) is 1.91. The molecule has 1 heterocycles. The van der Waals surface area contributed by atoms with E-state index < -0.39 is 17.8 Å². The minimum atomic E-state index is -0.816. The molecule has 0 spiro atoms. The van der Waals surface area contributed by atoms with Crippen LogP contribution in [0.4, 0.5) is 10.5 Å². The molecule has 0 unspecified atom stereocenters. The van der Waals surface area contributed by atoms with Crippen molar-refractivity contribution < 1.29 is 19.6 Å². The summed E-state index contributed by atoms with van der Waals surface area (Å²) in [7, 11) is 1.47. The van der Waals surface area contributed by atoms with Crippen LogP contribution in [0.1, 0.15) is 20.7 Å². The van der Waals surface area contributed by atoms with Gasteiger partial charge < -0.3 is 10.6 Å². The molecule has 7 heteroatoms. The molecule has 0 saturated heterocycles. The number of hydroxylamine groups is 2. The van der Waals surface area contributed by atoms with Gasteiger partial charge in [0, 0.05) is 18.1 Å². The minimum absolute atomic E-state index is 0.0841. The Hall–Kier alpha value is -2.93. The zero-order chi connectivity index (χ0) is 15.1. The Morgan fingerprint density at radius 2 is 1.86 bits per heavy atom. The molecule has 0 fully saturated rings. The van der Waals surface area contributed by atoms with Crippen molar-refractivity contribution in [2.45, 2.75) is 0 Å². The Kier molecular flexibility index (Phi) is 2.84. The summed E-state index contributed by atoms with van der Waals surface area (Å²) in [6, 6.07) is 7.57. The largest absolute Gasteiger partial charge is 0.341 e. The van der Waals surface area contributed by atoms with Crippen LogP contribution in [-0.4, -0.2) is 35.2 Å². The lowest BCUT2D eigenvalue weighted by Gasteiger charge is -2.22. The molecule has 0 aromatic heterocycles. The van der Waals surface area contributed by atoms with Crippen LogP contribution in [0.2, 0.25) is 0 Å². The fourth-order valence-corrected chi connectivity index (χ4v) is 2.36. The van der Waals surface area contributed by atoms with Gasteiger partial charge in [0.2, 0.25) is 0 Å². The summed E-state index contributed by atoms with van der Waals surface area (Å²) in [4.78, 5) is 35.3. The molecule has 1 aliphatic heterocycles. The summed E-state index contributed by atoms with van der Waals surface area (Å²) >= 11 is 0. The highest BCUT2D eigenvalue weighted by atomic mass is 16.5. The Labute approximate surface area is 119 Å². The van der Waals surface area contributed by atoms with E-state index in [2.05, 4.69) is 10.6 Å². The molecule has 21 heavy (non-hydrogen) atoms. The first-order chi connectivity index (χ1) is 10.0. The first-order valence-electron chi connectivity index (χ1n) is 6.16. The maximum absolute atomic E-state index is 12.0. The van der Waals surface area contributed by atoms with Crippen LogP contribution < -0.4 is 10.6 Å². The van der Waals surface area contributed by atoms with Gasteiger partial charge in [-0.15, -0.1) is 5.06 Å². The zero-order valence-corrected chi connectivity index (χ0v) is 11.0. The second-order valence-electron chi connectivity index (χ2n) is 4.55. The molecule has 3 rings (SSSR count). The van der Waals surface area contributed by atoms with Crippen LogP contribution in [-0.2, 0) is 0 Å². The van der Waals surface area contributed by atoms with Crippen LogP contribution in [0.3, 0.4) is 0 Å². The summed E-state index contributed by atoms with van der Waals surface area (Å²) in [6.07, 6.45) is 0. The highest BCUT2D eigenvalue weighted by Gasteiger charge is 2.32. The lowest BCUT2D eigenvalue weighted by molar-refractivity contribution is -0.0377. The van der Waals surface area contributed by atoms with Crippen molar-refractivity contribution in [3.05, 3.63) is 41.5 Å². The molecule has 0 atom stereocenters. The fourth-order valence-electron chi connectivity index (χ4n) is 2.36. The van der Waals surface area contributed by atoms with Gasteiger partial charge in [-0.1, -0.05) is 12.1 Å². The lowest BCUT2D eigenvalue weighted by Crippen LogP contribution is -2.37. The standard InChI is InChI=1S/C14H11N3O4/c1-15-14(20)16-8-5-7-3-2-4-9-11(7)10(6-8)13(19)17(21)12(9)18/h2-6,21H,1H3,(H2,15,16,20). The highest BCUT2D eigenvalue weighted by molar-refractivity contribution is 6.25. The lowest BCUT2D eigenvalue weighted by atomic mass is 9.94. The van der Waals surface area contributed by atoms with Crippen LogP contribution in [0.25, 0.3) is 10.8 Å². The maximum atomic E-state index is 12.0. The molecular weight excluding hydrogens is 274 g/mol. The summed E-state index contributed by atoms with van der Waals surface area (Å²) < 4.78 is 0. The molecule has 106 valence electrons. The van der Waals surface area contributed by atoms with Crippen molar-refractivity contribution in [3.8, 4) is 0 Å². The van der Waals surface area contributed by atoms with Crippen molar-refractivity contribution in [2.24, 2.45) is 0 Å². The summed E-state index contributed by atoms with van der Waals surface area (Å²) in [6.45, 7) is 0. The van der Waals surface area contributed by atoms with Gasteiger partial charge in [0.25, 0.3) is 11.8 Å². The zero-order valence-electron chi connectivity index (χ0n) is 11.0. The molecule has 3 N–H and O–H groups in total. The Morgan fingerprint density at radius 1 is 1.14 bits per heavy atom. The Balaban J connectivity index is 2.26. The number of carbonyl (C=O) groups excluding carboxylic acids is 3. The second kappa shape index (κ2) is 4.57. The van der Waals surface area contributed by atoms with Gasteiger partial charge in [-0.2, -0.15) is 0 Å². The third-order valence-corrected chi connectivity index (χ3v) is 3.31. The van der Waals surface area contributed by atoms with E-state index in [4.69, 9.17) is 0 Å². The highest BCUT2D eigenvalue weighted by Crippen LogP contribution is 2.32. The molecular formula is C14H11N3O4. The van der Waals surface area contributed by atoms with Crippen molar-refractivity contribution in [3.63, 3.8) is 0 Å². The van der Waals surface area contributed by atoms with E-state index in [1.165, 1.54) is 19.2 Å². The predicted molar refractivity (Wildman–Crippen MR) is 74.3 cm³/mol. The number of hydrogen-bond acceptors (Lipinski definition) is 4. The van der Waals surface area contributed by atoms with E-state index in [0.29, 0.717) is 16.5 Å². The normalized spacial score (nSPS) is 13.5. The van der Waals surface area contributed by atoms with Crippen molar-refractivity contribution in [1.29, 1.82) is 0 Å². The number of rotatable bonds is 1. The average molecular weight is 285 g/mol. The molecule has 0 radical (unpaired) electrons. The van der Waals surface area contributed by atoms with Crippen LogP contribution in [0.15, 0.2) is 30.3 Å². The smallest absolute Gasteiger partial charge is 0.318 e. The number of hydrogen-bond donors (Lipinski definition) is 3. The molecule has 0 aliphatic carbocycles. The number of urea groups is 1. The monoisotopic (exact) mass is 285 g/mol. The molecule has 1 aliphatic rings. The number of amides is 4. The van der Waals surface area contributed by atoms with Gasteiger partial charge in [-0.25, -0.2) is 4.79 Å². The van der Waals surface area contributed by atoms with E-state index in [-0.39, 0.29) is 16.2 Å². The molecule has 2 aromatic rings. The number of imide groups is 1. The van der Waals surface area contributed by atoms with E-state index in [9.17, 15) is 19.6 Å². The Bertz CT molecular complexity index is 800. The quantitative estimate of drug-likeness (QED) is 0.547. The number of anilines is 1. The molecule has 0 saturated carbocycles. The van der Waals surface area contributed by atoms with Crippen LogP contribution in [0.5, 0.6) is 0 Å². The van der Waals surface area contributed by atoms with E-state index in [1.807, 2.05) is 0 Å². The van der Waals surface area contributed by atoms with Crippen molar-refractivity contribution in [1.82, 2.24) is 10.4 Å². The summed E-state index contributed by atoms with van der Waals surface area (Å²) in [5.41, 5.74) is 0.804. The SMILES string of the molecule is CNC(=O)Nc1cc2c3c(cccc3c1)C(=O)N(O)C2=O. The topological polar surface area (TPSA) is 98.7 Å². The van der Waals surface area contributed by atoms with Gasteiger partial charge in [-0.05, 0) is 23.6 Å². The van der Waals surface area contributed by atoms with Gasteiger partial charge in [0.15, 0.2) is 0 Å². The molecule has 4 amide bonds. The number of nitrogens with one attached hydrogen (secondary N) is 2. The first-order valence-corrected chi connectivity index (χ1v) is 6.16. The van der Waals surface area contributed by atoms with E-state index in [1.54, 1.807) is 18.2 Å². The van der Waals surface area contributed by atoms with Crippen LogP contribution in [0, 0.1) is 0 Å². The number of carbonyl (C=O) groups is 3. The number of benzene rings is 2. The molecule has 7 nitrogen and oxygen atoms in total. The predicted octanol–water partition coefficient (Wildman–Crippen LogP) is 1.58. The van der Waals surface area contributed by atoms with Gasteiger partial charge in [0.05, 0.1) is 11.1 Å². The average Bonchev–Trinajstić information content (AvgIpc) is 2.49. The van der Waals surface area contributed by atoms with Crippen molar-refractivity contribution in [2.75, 3.05) is 12.4 Å². The summed E-state index contributed by atoms with van der Waals surface area (Å²) in [5, 5.41) is 15.7. The van der Waals surface area contributed by atoms with Gasteiger partial charge in [0.1, 0.15) is 0 Å². The van der Waals surface area contributed by atoms with Crippen LogP contribution >= 0.6 is 0 Å². The summed E-state index contributed by atoms with van der Waals surface area (Å²) in [5.74, 6) is -1.57. The minimum Gasteiger partial charge on any atom is -0.341 e. The maximum Gasteiger partial charge on any atom is 0.318 e. The van der Waals surface area contributed by atoms with E-state index in [0.717, 1.165) is 0 Å². The molecule has 2 aromatic carbocycles. The van der Waals surface area contributed by atoms with Gasteiger partial charge in [-0.3, -0.25) is 14.8 Å². The van der Waals surface area contributed by atoms with E-state index >= 15 is 0 Å². The Morgan fingerprint density at radius 3 is 2.57 bits per heavy atom. The molecule has 0 bridgehead atoms.